The fourth-order valence-electron chi connectivity index (χ4n) is 3.76. The average molecular weight is 456 g/mol. The molecule has 9 heteroatoms. The van der Waals surface area contributed by atoms with Gasteiger partial charge in [-0.3, -0.25) is 15.1 Å². The summed E-state index contributed by atoms with van der Waals surface area (Å²) in [7, 11) is 1.57. The topological polar surface area (TPSA) is 90.2 Å². The van der Waals surface area contributed by atoms with Gasteiger partial charge in [-0.25, -0.2) is 0 Å². The average Bonchev–Trinajstić information content (AvgIpc) is 3.41. The molecule has 0 bridgehead atoms. The number of anilines is 2. The molecule has 2 saturated heterocycles. The van der Waals surface area contributed by atoms with Crippen molar-refractivity contribution in [2.75, 3.05) is 50.2 Å². The van der Waals surface area contributed by atoms with E-state index in [-0.39, 0.29) is 23.9 Å². The zero-order valence-corrected chi connectivity index (χ0v) is 18.7. The first-order valence-electron chi connectivity index (χ1n) is 10.6. The third-order valence-electron chi connectivity index (χ3n) is 5.51. The van der Waals surface area contributed by atoms with E-state index in [1.54, 1.807) is 49.6 Å². The summed E-state index contributed by atoms with van der Waals surface area (Å²) in [4.78, 5) is 16.8. The van der Waals surface area contributed by atoms with E-state index in [1.165, 1.54) is 17.7 Å². The Bertz CT molecular complexity index is 1020. The minimum atomic E-state index is -0.346. The van der Waals surface area contributed by atoms with Crippen molar-refractivity contribution in [3.8, 4) is 11.5 Å². The molecule has 0 spiro atoms. The maximum absolute atomic E-state index is 12.9. The highest BCUT2D eigenvalue weighted by molar-refractivity contribution is 6.73. The highest BCUT2D eigenvalue weighted by atomic mass is 35.5. The second kappa shape index (κ2) is 10.0. The third kappa shape index (κ3) is 5.03. The zero-order chi connectivity index (χ0) is 22.5. The predicted octanol–water partition coefficient (Wildman–Crippen LogP) is 3.66. The molecule has 0 radical (unpaired) electrons. The summed E-state index contributed by atoms with van der Waals surface area (Å²) in [5.41, 5.74) is 4.33. The maximum atomic E-state index is 12.9. The second-order valence-electron chi connectivity index (χ2n) is 7.68. The minimum Gasteiger partial charge on any atom is -0.493 e. The Morgan fingerprint density at radius 2 is 1.88 bits per heavy atom. The summed E-state index contributed by atoms with van der Waals surface area (Å²) in [6.45, 7) is 3.85. The number of carbonyl (C=O) groups is 1. The smallest absolute Gasteiger partial charge is 0.281 e. The van der Waals surface area contributed by atoms with Crippen molar-refractivity contribution in [2.24, 2.45) is 5.10 Å². The van der Waals surface area contributed by atoms with Gasteiger partial charge >= 0.3 is 0 Å². The molecular formula is C23H26ClN5O3. The van der Waals surface area contributed by atoms with Crippen LogP contribution in [0.25, 0.3) is 0 Å². The van der Waals surface area contributed by atoms with Gasteiger partial charge in [-0.15, -0.1) is 0 Å². The largest absolute Gasteiger partial charge is 0.493 e. The maximum Gasteiger partial charge on any atom is 0.281 e. The first kappa shape index (κ1) is 22.1. The van der Waals surface area contributed by atoms with E-state index < -0.39 is 0 Å². The summed E-state index contributed by atoms with van der Waals surface area (Å²) < 4.78 is 11.4. The Morgan fingerprint density at radius 3 is 2.59 bits per heavy atom. The third-order valence-corrected chi connectivity index (χ3v) is 5.77. The molecule has 8 nitrogen and oxygen atoms in total. The summed E-state index contributed by atoms with van der Waals surface area (Å²) in [6, 6.07) is 12.3. The second-order valence-corrected chi connectivity index (χ2v) is 8.12. The SMILES string of the molecule is COc1cc(N2CC(=N)C(=NNc3ccc(Cl)cc3)C2=O)ccc1OCCN1CCCC1. The van der Waals surface area contributed by atoms with Crippen molar-refractivity contribution in [1.29, 1.82) is 5.41 Å². The van der Waals surface area contributed by atoms with E-state index in [4.69, 9.17) is 26.5 Å². The first-order valence-corrected chi connectivity index (χ1v) is 10.9. The lowest BCUT2D eigenvalue weighted by atomic mass is 10.2. The van der Waals surface area contributed by atoms with Crippen molar-refractivity contribution in [3.63, 3.8) is 0 Å². The summed E-state index contributed by atoms with van der Waals surface area (Å²) in [5.74, 6) is 0.838. The molecule has 0 saturated carbocycles. The molecule has 0 aromatic heterocycles. The number of nitrogens with zero attached hydrogens (tertiary/aromatic N) is 3. The normalized spacial score (nSPS) is 17.9. The van der Waals surface area contributed by atoms with Gasteiger partial charge in [0, 0.05) is 23.3 Å². The summed E-state index contributed by atoms with van der Waals surface area (Å²) >= 11 is 5.89. The highest BCUT2D eigenvalue weighted by Crippen LogP contribution is 2.33. The molecule has 2 N–H and O–H groups in total. The molecule has 168 valence electrons. The molecule has 2 fully saturated rings. The fraction of sp³-hybridized carbons (Fsp3) is 0.348. The lowest BCUT2D eigenvalue weighted by molar-refractivity contribution is -0.111. The van der Waals surface area contributed by atoms with Gasteiger partial charge in [0.1, 0.15) is 6.61 Å². The van der Waals surface area contributed by atoms with Crippen molar-refractivity contribution in [3.05, 3.63) is 47.5 Å². The van der Waals surface area contributed by atoms with Crippen LogP contribution in [0.1, 0.15) is 12.8 Å². The fourth-order valence-corrected chi connectivity index (χ4v) is 3.89. The van der Waals surface area contributed by atoms with Gasteiger partial charge in [-0.2, -0.15) is 5.10 Å². The number of amides is 1. The monoisotopic (exact) mass is 455 g/mol. The highest BCUT2D eigenvalue weighted by Gasteiger charge is 2.34. The van der Waals surface area contributed by atoms with E-state index in [2.05, 4.69) is 15.4 Å². The van der Waals surface area contributed by atoms with E-state index in [9.17, 15) is 4.79 Å². The van der Waals surface area contributed by atoms with Gasteiger partial charge in [0.25, 0.3) is 5.91 Å². The van der Waals surface area contributed by atoms with E-state index >= 15 is 0 Å². The molecule has 0 atom stereocenters. The molecule has 2 heterocycles. The van der Waals surface area contributed by atoms with Crippen LogP contribution in [0.15, 0.2) is 47.6 Å². The number of rotatable bonds is 8. The molecule has 32 heavy (non-hydrogen) atoms. The van der Waals surface area contributed by atoms with Crippen LogP contribution in [0.3, 0.4) is 0 Å². The Balaban J connectivity index is 1.43. The Hall–Kier alpha value is -3.10. The Kier molecular flexibility index (Phi) is 6.92. The van der Waals surface area contributed by atoms with Gasteiger partial charge < -0.3 is 19.8 Å². The van der Waals surface area contributed by atoms with Crippen LogP contribution in [0.2, 0.25) is 5.02 Å². The van der Waals surface area contributed by atoms with Crippen LogP contribution in [0.5, 0.6) is 11.5 Å². The van der Waals surface area contributed by atoms with Gasteiger partial charge in [0.15, 0.2) is 17.2 Å². The zero-order valence-electron chi connectivity index (χ0n) is 17.9. The number of carbonyl (C=O) groups excluding carboxylic acids is 1. The van der Waals surface area contributed by atoms with Gasteiger partial charge in [-0.05, 0) is 62.3 Å². The molecule has 0 aliphatic carbocycles. The standard InChI is InChI=1S/C23H26ClN5O3/c1-31-21-14-18(8-9-20(21)32-13-12-28-10-2-3-11-28)29-15-19(25)22(23(29)30)27-26-17-6-4-16(24)5-7-17/h4-9,14,25-26H,2-3,10-13,15H2,1H3. The number of likely N-dealkylation sites (tertiary alicyclic amines) is 1. The summed E-state index contributed by atoms with van der Waals surface area (Å²) in [6.07, 6.45) is 2.49. The van der Waals surface area contributed by atoms with Crippen molar-refractivity contribution in [1.82, 2.24) is 4.90 Å². The summed E-state index contributed by atoms with van der Waals surface area (Å²) in [5, 5.41) is 13.0. The number of nitrogens with one attached hydrogen (secondary N) is 2. The van der Waals surface area contributed by atoms with Gasteiger partial charge in [0.2, 0.25) is 0 Å². The number of hydrogen-bond acceptors (Lipinski definition) is 7. The van der Waals surface area contributed by atoms with E-state index in [0.29, 0.717) is 34.5 Å². The number of halogens is 1. The van der Waals surface area contributed by atoms with E-state index in [0.717, 1.165) is 19.6 Å². The van der Waals surface area contributed by atoms with E-state index in [1.807, 2.05) is 0 Å². The molecule has 2 aromatic rings. The number of ether oxygens (including phenoxy) is 2. The van der Waals surface area contributed by atoms with Crippen molar-refractivity contribution < 1.29 is 14.3 Å². The number of methoxy groups -OCH3 is 1. The van der Waals surface area contributed by atoms with Crippen molar-refractivity contribution in [2.45, 2.75) is 12.8 Å². The molecule has 4 rings (SSSR count). The first-order chi connectivity index (χ1) is 15.5. The molecule has 2 aliphatic rings. The van der Waals surface area contributed by atoms with Crippen LogP contribution in [-0.4, -0.2) is 62.1 Å². The molecule has 0 unspecified atom stereocenters. The van der Waals surface area contributed by atoms with Crippen molar-refractivity contribution >= 4 is 40.3 Å². The Labute approximate surface area is 192 Å². The molecule has 1 amide bonds. The van der Waals surface area contributed by atoms with Crippen LogP contribution >= 0.6 is 11.6 Å². The predicted molar refractivity (Wildman–Crippen MR) is 127 cm³/mol. The van der Waals surface area contributed by atoms with Crippen LogP contribution in [0.4, 0.5) is 11.4 Å². The molecule has 2 aromatic carbocycles. The van der Waals surface area contributed by atoms with Gasteiger partial charge in [0.05, 0.1) is 25.1 Å². The number of hydrogen-bond donors (Lipinski definition) is 2. The van der Waals surface area contributed by atoms with Crippen LogP contribution in [0, 0.1) is 5.41 Å². The van der Waals surface area contributed by atoms with Crippen LogP contribution in [-0.2, 0) is 4.79 Å². The minimum absolute atomic E-state index is 0.0739. The Morgan fingerprint density at radius 1 is 1.12 bits per heavy atom. The molecule has 2 aliphatic heterocycles. The lowest BCUT2D eigenvalue weighted by Crippen LogP contribution is -2.27. The number of hydrazone groups is 1. The number of benzene rings is 2. The quantitative estimate of drug-likeness (QED) is 0.593. The van der Waals surface area contributed by atoms with Crippen LogP contribution < -0.4 is 19.8 Å². The lowest BCUT2D eigenvalue weighted by Gasteiger charge is -2.19. The van der Waals surface area contributed by atoms with Gasteiger partial charge in [-0.1, -0.05) is 11.6 Å². The molecular weight excluding hydrogens is 430 g/mol.